The van der Waals surface area contributed by atoms with Crippen molar-refractivity contribution in [3.63, 3.8) is 0 Å². The molecule has 0 radical (unpaired) electrons. The maximum atomic E-state index is 12.6. The van der Waals surface area contributed by atoms with E-state index in [2.05, 4.69) is 16.7 Å². The summed E-state index contributed by atoms with van der Waals surface area (Å²) in [5, 5.41) is 0. The van der Waals surface area contributed by atoms with Crippen molar-refractivity contribution in [2.24, 2.45) is 5.92 Å². The number of fused-ring (bicyclic) bond motifs is 4. The van der Waals surface area contributed by atoms with Crippen LogP contribution in [0.25, 0.3) is 0 Å². The van der Waals surface area contributed by atoms with Gasteiger partial charge in [-0.15, -0.1) is 0 Å². The summed E-state index contributed by atoms with van der Waals surface area (Å²) in [6, 6.07) is 5.96. The van der Waals surface area contributed by atoms with Crippen LogP contribution >= 0.6 is 0 Å². The maximum absolute atomic E-state index is 12.6. The Kier molecular flexibility index (Phi) is 6.25. The monoisotopic (exact) mass is 362 g/mol. The molecule has 3 aliphatic rings. The normalized spacial score (nSPS) is 23.0. The van der Waals surface area contributed by atoms with Gasteiger partial charge in [0.05, 0.1) is 20.1 Å². The van der Waals surface area contributed by atoms with E-state index in [4.69, 9.17) is 14.2 Å². The topological polar surface area (TPSA) is 51.2 Å². The third-order valence-corrected chi connectivity index (χ3v) is 5.37. The number of ether oxygens (including phenoxy) is 3. The number of amides is 1. The van der Waals surface area contributed by atoms with Crippen molar-refractivity contribution < 1.29 is 19.0 Å². The van der Waals surface area contributed by atoms with Gasteiger partial charge >= 0.3 is 0 Å². The zero-order valence-electron chi connectivity index (χ0n) is 16.1. The number of para-hydroxylation sites is 1. The van der Waals surface area contributed by atoms with Crippen LogP contribution in [0.1, 0.15) is 26.2 Å². The molecule has 6 nitrogen and oxygen atoms in total. The van der Waals surface area contributed by atoms with Crippen molar-refractivity contribution in [1.29, 1.82) is 0 Å². The van der Waals surface area contributed by atoms with Gasteiger partial charge in [0.2, 0.25) is 11.7 Å². The van der Waals surface area contributed by atoms with E-state index in [1.54, 1.807) is 14.2 Å². The lowest BCUT2D eigenvalue weighted by Crippen LogP contribution is -2.48. The van der Waals surface area contributed by atoms with Crippen LogP contribution in [0.4, 0.5) is 0 Å². The Hall–Kier alpha value is -1.95. The highest BCUT2D eigenvalue weighted by molar-refractivity contribution is 5.80. The molecule has 3 heterocycles. The van der Waals surface area contributed by atoms with Crippen LogP contribution in [0.3, 0.4) is 0 Å². The van der Waals surface area contributed by atoms with Gasteiger partial charge in [0.1, 0.15) is 6.61 Å². The summed E-state index contributed by atoms with van der Waals surface area (Å²) < 4.78 is 16.8. The summed E-state index contributed by atoms with van der Waals surface area (Å²) in [6.07, 6.45) is 3.15. The Labute approximate surface area is 156 Å². The van der Waals surface area contributed by atoms with E-state index in [0.29, 0.717) is 35.8 Å². The van der Waals surface area contributed by atoms with Crippen molar-refractivity contribution in [3.8, 4) is 17.2 Å². The Balaban J connectivity index is 1.60. The average Bonchev–Trinajstić information content (AvgIpc) is 2.93. The Morgan fingerprint density at radius 1 is 1.08 bits per heavy atom. The number of methoxy groups -OCH3 is 2. The standard InChI is InChI=1S/C20H30N2O4/c1-4-10-22-16-9-8-15(20(22)23)13-21(14-16)11-12-26-19-17(24-2)6-5-7-18(19)25-3/h5-7,15-16H,4,8-14H2,1-3H3/t15-,16+/m1/s1. The van der Waals surface area contributed by atoms with E-state index < -0.39 is 0 Å². The molecule has 3 aliphatic heterocycles. The predicted octanol–water partition coefficient (Wildman–Crippen LogP) is 2.42. The number of hydrogen-bond donors (Lipinski definition) is 0. The van der Waals surface area contributed by atoms with Crippen molar-refractivity contribution in [1.82, 2.24) is 9.80 Å². The van der Waals surface area contributed by atoms with Crippen molar-refractivity contribution in [2.75, 3.05) is 47.0 Å². The van der Waals surface area contributed by atoms with Crippen LogP contribution in [0, 0.1) is 5.92 Å². The van der Waals surface area contributed by atoms with E-state index in [-0.39, 0.29) is 5.92 Å². The highest BCUT2D eigenvalue weighted by Crippen LogP contribution is 2.36. The van der Waals surface area contributed by atoms with E-state index in [0.717, 1.165) is 45.4 Å². The number of benzene rings is 1. The minimum atomic E-state index is 0.140. The highest BCUT2D eigenvalue weighted by Gasteiger charge is 2.39. The molecule has 6 heteroatoms. The molecule has 0 aliphatic carbocycles. The maximum Gasteiger partial charge on any atom is 0.227 e. The third kappa shape index (κ3) is 3.90. The van der Waals surface area contributed by atoms with Crippen LogP contribution in [0.2, 0.25) is 0 Å². The lowest BCUT2D eigenvalue weighted by atomic mass is 9.94. The van der Waals surface area contributed by atoms with Gasteiger partial charge in [-0.05, 0) is 31.4 Å². The Morgan fingerprint density at radius 2 is 1.81 bits per heavy atom. The highest BCUT2D eigenvalue weighted by atomic mass is 16.5. The van der Waals surface area contributed by atoms with Crippen molar-refractivity contribution >= 4 is 5.91 Å². The first kappa shape index (κ1) is 18.8. The quantitative estimate of drug-likeness (QED) is 0.711. The van der Waals surface area contributed by atoms with E-state index in [1.165, 1.54) is 0 Å². The van der Waals surface area contributed by atoms with Crippen LogP contribution in [0.15, 0.2) is 18.2 Å². The molecule has 0 saturated carbocycles. The molecule has 2 atom stereocenters. The molecule has 0 N–H and O–H groups in total. The molecule has 4 rings (SSSR count). The molecule has 144 valence electrons. The summed E-state index contributed by atoms with van der Waals surface area (Å²) in [5.74, 6) is 2.46. The summed E-state index contributed by atoms with van der Waals surface area (Å²) in [7, 11) is 3.25. The summed E-state index contributed by atoms with van der Waals surface area (Å²) in [6.45, 7) is 6.12. The number of hydrogen-bond acceptors (Lipinski definition) is 5. The first-order valence-electron chi connectivity index (χ1n) is 9.54. The van der Waals surface area contributed by atoms with Gasteiger partial charge in [0.15, 0.2) is 11.5 Å². The Bertz CT molecular complexity index is 600. The van der Waals surface area contributed by atoms with Gasteiger partial charge in [0.25, 0.3) is 0 Å². The second kappa shape index (κ2) is 8.62. The van der Waals surface area contributed by atoms with Gasteiger partial charge < -0.3 is 19.1 Å². The van der Waals surface area contributed by atoms with Crippen molar-refractivity contribution in [2.45, 2.75) is 32.2 Å². The fourth-order valence-corrected chi connectivity index (χ4v) is 4.08. The largest absolute Gasteiger partial charge is 0.493 e. The SMILES string of the molecule is CCCN1C(=O)[C@@H]2CC[C@H]1CN(CCOc1c(OC)cccc1OC)C2. The zero-order valence-corrected chi connectivity index (χ0v) is 16.1. The zero-order chi connectivity index (χ0) is 18.5. The molecule has 0 aromatic heterocycles. The molecule has 3 saturated heterocycles. The van der Waals surface area contributed by atoms with Crippen LogP contribution in [-0.2, 0) is 4.79 Å². The summed E-state index contributed by atoms with van der Waals surface area (Å²) >= 11 is 0. The lowest BCUT2D eigenvalue weighted by molar-refractivity contribution is -0.139. The molecular formula is C20H30N2O4. The molecule has 1 aromatic carbocycles. The lowest BCUT2D eigenvalue weighted by Gasteiger charge is -2.35. The third-order valence-electron chi connectivity index (χ3n) is 5.37. The van der Waals surface area contributed by atoms with E-state index >= 15 is 0 Å². The molecule has 0 unspecified atom stereocenters. The van der Waals surface area contributed by atoms with Crippen LogP contribution < -0.4 is 14.2 Å². The number of carbonyl (C=O) groups excluding carboxylic acids is 1. The van der Waals surface area contributed by atoms with Gasteiger partial charge in [-0.3, -0.25) is 9.69 Å². The van der Waals surface area contributed by atoms with Crippen molar-refractivity contribution in [3.05, 3.63) is 18.2 Å². The fourth-order valence-electron chi connectivity index (χ4n) is 4.08. The van der Waals surface area contributed by atoms with Crippen LogP contribution in [0.5, 0.6) is 17.2 Å². The van der Waals surface area contributed by atoms with E-state index in [9.17, 15) is 4.79 Å². The van der Waals surface area contributed by atoms with Crippen LogP contribution in [-0.4, -0.2) is 68.8 Å². The predicted molar refractivity (Wildman–Crippen MR) is 100.0 cm³/mol. The van der Waals surface area contributed by atoms with Gasteiger partial charge in [-0.25, -0.2) is 0 Å². The molecule has 26 heavy (non-hydrogen) atoms. The Morgan fingerprint density at radius 3 is 2.46 bits per heavy atom. The number of carbonyl (C=O) groups is 1. The minimum Gasteiger partial charge on any atom is -0.493 e. The first-order valence-corrected chi connectivity index (χ1v) is 9.54. The number of nitrogens with zero attached hydrogens (tertiary/aromatic N) is 2. The summed E-state index contributed by atoms with van der Waals surface area (Å²) in [4.78, 5) is 17.1. The molecular weight excluding hydrogens is 332 g/mol. The second-order valence-corrected chi connectivity index (χ2v) is 7.06. The second-order valence-electron chi connectivity index (χ2n) is 7.06. The average molecular weight is 362 g/mol. The number of rotatable bonds is 8. The van der Waals surface area contributed by atoms with Gasteiger partial charge in [-0.2, -0.15) is 0 Å². The summed E-state index contributed by atoms with van der Waals surface area (Å²) in [5.41, 5.74) is 0. The first-order chi connectivity index (χ1) is 12.7. The van der Waals surface area contributed by atoms with Gasteiger partial charge in [0, 0.05) is 32.2 Å². The molecule has 1 amide bonds. The fraction of sp³-hybridized carbons (Fsp3) is 0.650. The smallest absolute Gasteiger partial charge is 0.227 e. The number of piperidine rings is 1. The minimum absolute atomic E-state index is 0.140. The molecule has 2 bridgehead atoms. The molecule has 1 aromatic rings. The molecule has 3 fully saturated rings. The van der Waals surface area contributed by atoms with E-state index in [1.807, 2.05) is 18.2 Å². The van der Waals surface area contributed by atoms with Gasteiger partial charge in [-0.1, -0.05) is 13.0 Å². The molecule has 0 spiro atoms.